The van der Waals surface area contributed by atoms with E-state index in [1.807, 2.05) is 24.3 Å². The molecular weight excluding hydrogens is 336 g/mol. The van der Waals surface area contributed by atoms with Crippen molar-refractivity contribution < 1.29 is 19.4 Å². The zero-order chi connectivity index (χ0) is 15.1. The first-order valence-corrected chi connectivity index (χ1v) is 7.29. The average Bonchev–Trinajstić information content (AvgIpc) is 2.49. The average molecular weight is 351 g/mol. The standard InChI is InChI=1S/C16H15BrO4/c17-14-4-1-2-5-15(14)21-11-3-10-20-13-8-6-12(7-9-13)16(18)19/h1-2,4-9H,3,10-11H2,(H,18,19). The predicted octanol–water partition coefficient (Wildman–Crippen LogP) is 4.00. The van der Waals surface area contributed by atoms with Crippen molar-refractivity contribution in [1.82, 2.24) is 0 Å². The van der Waals surface area contributed by atoms with Crippen LogP contribution in [0.15, 0.2) is 53.0 Å². The topological polar surface area (TPSA) is 55.8 Å². The van der Waals surface area contributed by atoms with Crippen molar-refractivity contribution in [3.8, 4) is 11.5 Å². The van der Waals surface area contributed by atoms with Gasteiger partial charge in [-0.25, -0.2) is 4.79 Å². The Morgan fingerprint density at radius 1 is 1.00 bits per heavy atom. The smallest absolute Gasteiger partial charge is 0.335 e. The number of halogens is 1. The van der Waals surface area contributed by atoms with Crippen LogP contribution in [0.25, 0.3) is 0 Å². The molecule has 0 saturated carbocycles. The molecule has 0 aliphatic carbocycles. The third kappa shape index (κ3) is 4.79. The SMILES string of the molecule is O=C(O)c1ccc(OCCCOc2ccccc2Br)cc1. The molecule has 0 aliphatic rings. The first-order chi connectivity index (χ1) is 10.2. The Balaban J connectivity index is 1.70. The fraction of sp³-hybridized carbons (Fsp3) is 0.188. The van der Waals surface area contributed by atoms with Crippen molar-refractivity contribution >= 4 is 21.9 Å². The maximum atomic E-state index is 10.7. The van der Waals surface area contributed by atoms with Crippen LogP contribution in [0.2, 0.25) is 0 Å². The molecule has 1 N–H and O–H groups in total. The second-order valence-corrected chi connectivity index (χ2v) is 5.16. The molecule has 4 nitrogen and oxygen atoms in total. The molecule has 2 rings (SSSR count). The van der Waals surface area contributed by atoms with Crippen LogP contribution in [0.4, 0.5) is 0 Å². The predicted molar refractivity (Wildman–Crippen MR) is 83.2 cm³/mol. The fourth-order valence-corrected chi connectivity index (χ4v) is 2.09. The molecule has 0 saturated heterocycles. The highest BCUT2D eigenvalue weighted by atomic mass is 79.9. The first kappa shape index (κ1) is 15.4. The first-order valence-electron chi connectivity index (χ1n) is 6.50. The quantitative estimate of drug-likeness (QED) is 0.767. The van der Waals surface area contributed by atoms with E-state index in [-0.39, 0.29) is 5.56 Å². The van der Waals surface area contributed by atoms with Gasteiger partial charge in [-0.3, -0.25) is 0 Å². The third-order valence-corrected chi connectivity index (χ3v) is 3.41. The van der Waals surface area contributed by atoms with Crippen LogP contribution >= 0.6 is 15.9 Å². The maximum Gasteiger partial charge on any atom is 0.335 e. The Kier molecular flexibility index (Phi) is 5.63. The van der Waals surface area contributed by atoms with Gasteiger partial charge < -0.3 is 14.6 Å². The summed E-state index contributed by atoms with van der Waals surface area (Å²) in [6.07, 6.45) is 0.738. The van der Waals surface area contributed by atoms with Gasteiger partial charge in [0.05, 0.1) is 23.2 Å². The van der Waals surface area contributed by atoms with Crippen LogP contribution in [0.1, 0.15) is 16.8 Å². The van der Waals surface area contributed by atoms with Gasteiger partial charge in [0.15, 0.2) is 0 Å². The minimum Gasteiger partial charge on any atom is -0.493 e. The van der Waals surface area contributed by atoms with Crippen LogP contribution in [-0.4, -0.2) is 24.3 Å². The second kappa shape index (κ2) is 7.69. The van der Waals surface area contributed by atoms with E-state index in [1.165, 1.54) is 12.1 Å². The van der Waals surface area contributed by atoms with Crippen molar-refractivity contribution in [2.24, 2.45) is 0 Å². The summed E-state index contributed by atoms with van der Waals surface area (Å²) in [6.45, 7) is 1.06. The normalized spacial score (nSPS) is 10.1. The third-order valence-electron chi connectivity index (χ3n) is 2.75. The number of hydrogen-bond donors (Lipinski definition) is 1. The number of benzene rings is 2. The van der Waals surface area contributed by atoms with Gasteiger partial charge >= 0.3 is 5.97 Å². The Hall–Kier alpha value is -2.01. The second-order valence-electron chi connectivity index (χ2n) is 4.31. The molecule has 0 aliphatic heterocycles. The van der Waals surface area contributed by atoms with E-state index in [9.17, 15) is 4.79 Å². The van der Waals surface area contributed by atoms with E-state index in [0.717, 1.165) is 16.6 Å². The number of ether oxygens (including phenoxy) is 2. The summed E-state index contributed by atoms with van der Waals surface area (Å²) in [5, 5.41) is 8.79. The number of aromatic carboxylic acids is 1. The largest absolute Gasteiger partial charge is 0.493 e. The molecule has 0 amide bonds. The van der Waals surface area contributed by atoms with Gasteiger partial charge in [-0.2, -0.15) is 0 Å². The summed E-state index contributed by atoms with van der Waals surface area (Å²) in [5.74, 6) is 0.521. The molecule has 0 fully saturated rings. The summed E-state index contributed by atoms with van der Waals surface area (Å²) in [5.41, 5.74) is 0.250. The molecule has 0 aromatic heterocycles. The van der Waals surface area contributed by atoms with Crippen LogP contribution in [0.5, 0.6) is 11.5 Å². The van der Waals surface area contributed by atoms with Crippen LogP contribution in [0, 0.1) is 0 Å². The van der Waals surface area contributed by atoms with Crippen molar-refractivity contribution in [3.63, 3.8) is 0 Å². The molecule has 2 aromatic rings. The van der Waals surface area contributed by atoms with Crippen LogP contribution in [0.3, 0.4) is 0 Å². The van der Waals surface area contributed by atoms with E-state index in [1.54, 1.807) is 12.1 Å². The van der Waals surface area contributed by atoms with Crippen LogP contribution < -0.4 is 9.47 Å². The maximum absolute atomic E-state index is 10.7. The number of hydrogen-bond acceptors (Lipinski definition) is 3. The Bertz CT molecular complexity index is 595. The minimum atomic E-state index is -0.941. The molecule has 0 bridgehead atoms. The lowest BCUT2D eigenvalue weighted by Gasteiger charge is -2.09. The number of carbonyl (C=O) groups is 1. The number of para-hydroxylation sites is 1. The molecule has 0 radical (unpaired) electrons. The van der Waals surface area contributed by atoms with Crippen LogP contribution in [-0.2, 0) is 0 Å². The van der Waals surface area contributed by atoms with Crippen molar-refractivity contribution in [2.75, 3.05) is 13.2 Å². The highest BCUT2D eigenvalue weighted by molar-refractivity contribution is 9.10. The van der Waals surface area contributed by atoms with Gasteiger partial charge in [0, 0.05) is 6.42 Å². The minimum absolute atomic E-state index is 0.250. The van der Waals surface area contributed by atoms with Gasteiger partial charge in [0.1, 0.15) is 11.5 Å². The van der Waals surface area contributed by atoms with Crippen molar-refractivity contribution in [2.45, 2.75) is 6.42 Å². The Morgan fingerprint density at radius 3 is 2.33 bits per heavy atom. The van der Waals surface area contributed by atoms with E-state index in [2.05, 4.69) is 15.9 Å². The Labute approximate surface area is 131 Å². The van der Waals surface area contributed by atoms with Gasteiger partial charge in [0.25, 0.3) is 0 Å². The van der Waals surface area contributed by atoms with Crippen molar-refractivity contribution in [3.05, 3.63) is 58.6 Å². The summed E-state index contributed by atoms with van der Waals surface area (Å²) in [4.78, 5) is 10.7. The number of carboxylic acid groups (broad SMARTS) is 1. The summed E-state index contributed by atoms with van der Waals surface area (Å²) in [7, 11) is 0. The van der Waals surface area contributed by atoms with Gasteiger partial charge in [-0.05, 0) is 52.3 Å². The molecule has 0 spiro atoms. The summed E-state index contributed by atoms with van der Waals surface area (Å²) in [6, 6.07) is 14.0. The molecule has 110 valence electrons. The zero-order valence-corrected chi connectivity index (χ0v) is 12.9. The molecular formula is C16H15BrO4. The molecule has 0 atom stereocenters. The van der Waals surface area contributed by atoms with Gasteiger partial charge in [-0.15, -0.1) is 0 Å². The molecule has 5 heteroatoms. The summed E-state index contributed by atoms with van der Waals surface area (Å²) >= 11 is 3.42. The number of rotatable bonds is 7. The summed E-state index contributed by atoms with van der Waals surface area (Å²) < 4.78 is 12.1. The van der Waals surface area contributed by atoms with E-state index < -0.39 is 5.97 Å². The number of carboxylic acids is 1. The van der Waals surface area contributed by atoms with Gasteiger partial charge in [-0.1, -0.05) is 12.1 Å². The molecule has 2 aromatic carbocycles. The van der Waals surface area contributed by atoms with E-state index >= 15 is 0 Å². The zero-order valence-electron chi connectivity index (χ0n) is 11.3. The highest BCUT2D eigenvalue weighted by Gasteiger charge is 2.02. The molecule has 0 unspecified atom stereocenters. The molecule has 21 heavy (non-hydrogen) atoms. The monoisotopic (exact) mass is 350 g/mol. The lowest BCUT2D eigenvalue weighted by molar-refractivity contribution is 0.0697. The highest BCUT2D eigenvalue weighted by Crippen LogP contribution is 2.23. The fourth-order valence-electron chi connectivity index (χ4n) is 1.69. The lowest BCUT2D eigenvalue weighted by atomic mass is 10.2. The van der Waals surface area contributed by atoms with Crippen molar-refractivity contribution in [1.29, 1.82) is 0 Å². The van der Waals surface area contributed by atoms with E-state index in [0.29, 0.717) is 19.0 Å². The van der Waals surface area contributed by atoms with Gasteiger partial charge in [0.2, 0.25) is 0 Å². The van der Waals surface area contributed by atoms with E-state index in [4.69, 9.17) is 14.6 Å². The molecule has 0 heterocycles. The lowest BCUT2D eigenvalue weighted by Crippen LogP contribution is -2.05. The Morgan fingerprint density at radius 2 is 1.67 bits per heavy atom.